The lowest BCUT2D eigenvalue weighted by Crippen LogP contribution is -1.86. The molecule has 0 fully saturated rings. The predicted octanol–water partition coefficient (Wildman–Crippen LogP) is 0.514. The molecule has 0 radical (unpaired) electrons. The van der Waals surface area contributed by atoms with Gasteiger partial charge in [-0.25, -0.2) is 4.57 Å². The number of carboxylic acid groups (broad SMARTS) is 3. The Hall–Kier alpha value is -1.48. The molecule has 0 heterocycles. The van der Waals surface area contributed by atoms with Crippen LogP contribution in [0.1, 0.15) is 40.0 Å². The second-order valence-electron chi connectivity index (χ2n) is 2.76. The number of phosphoric acid groups is 1. The number of hydrogen-bond donors (Lipinski definition) is 6. The lowest BCUT2D eigenvalue weighted by molar-refractivity contribution is -0.137. The van der Waals surface area contributed by atoms with Crippen molar-refractivity contribution in [3.05, 3.63) is 0 Å². The Morgan fingerprint density at radius 2 is 0.750 bits per heavy atom. The molecule has 0 rings (SSSR count). The van der Waals surface area contributed by atoms with Crippen molar-refractivity contribution in [3.63, 3.8) is 0 Å². The first-order chi connectivity index (χ1) is 8.81. The molecule has 0 aromatic rings. The lowest BCUT2D eigenvalue weighted by atomic mass is 10.5. The van der Waals surface area contributed by atoms with Gasteiger partial charge in [0.1, 0.15) is 0 Å². The molecule has 11 heteroatoms. The number of hydrogen-bond acceptors (Lipinski definition) is 4. The highest BCUT2D eigenvalue weighted by molar-refractivity contribution is 7.45. The van der Waals surface area contributed by atoms with E-state index in [9.17, 15) is 14.4 Å². The van der Waals surface area contributed by atoms with E-state index in [4.69, 9.17) is 34.6 Å². The van der Waals surface area contributed by atoms with Crippen molar-refractivity contribution in [2.24, 2.45) is 0 Å². The molecule has 0 atom stereocenters. The molecule has 0 aromatic carbocycles. The average molecular weight is 320 g/mol. The summed E-state index contributed by atoms with van der Waals surface area (Å²) in [6.07, 6.45) is 0.667. The smallest absolute Gasteiger partial charge is 0.466 e. The van der Waals surface area contributed by atoms with Gasteiger partial charge in [0.25, 0.3) is 0 Å². The van der Waals surface area contributed by atoms with Crippen LogP contribution in [0.3, 0.4) is 0 Å². The molecule has 0 saturated carbocycles. The van der Waals surface area contributed by atoms with Crippen LogP contribution in [0.15, 0.2) is 0 Å². The second-order valence-corrected chi connectivity index (χ2v) is 3.78. The normalized spacial score (nSPS) is 8.50. The van der Waals surface area contributed by atoms with Crippen LogP contribution in [-0.4, -0.2) is 47.9 Å². The Morgan fingerprint density at radius 3 is 0.750 bits per heavy atom. The average Bonchev–Trinajstić information content (AvgIpc) is 2.28. The van der Waals surface area contributed by atoms with Crippen LogP contribution >= 0.6 is 7.82 Å². The van der Waals surface area contributed by atoms with Crippen molar-refractivity contribution in [1.82, 2.24) is 0 Å². The molecule has 0 bridgehead atoms. The van der Waals surface area contributed by atoms with Crippen LogP contribution in [0.25, 0.3) is 0 Å². The molecule has 0 spiro atoms. The van der Waals surface area contributed by atoms with Crippen LogP contribution < -0.4 is 0 Å². The standard InChI is InChI=1S/3C3H6O2.H3O4P/c3*1-2-3(4)5;1-5(2,3)4/h3*2H2,1H3,(H,4,5);(H3,1,2,3,4). The molecule has 0 unspecified atom stereocenters. The van der Waals surface area contributed by atoms with Crippen molar-refractivity contribution in [2.45, 2.75) is 40.0 Å². The van der Waals surface area contributed by atoms with E-state index in [0.29, 0.717) is 0 Å². The Morgan fingerprint density at radius 1 is 0.700 bits per heavy atom. The summed E-state index contributed by atoms with van der Waals surface area (Å²) < 4.78 is 8.88. The largest absolute Gasteiger partial charge is 0.481 e. The van der Waals surface area contributed by atoms with Gasteiger partial charge in [0.05, 0.1) is 0 Å². The van der Waals surface area contributed by atoms with E-state index in [2.05, 4.69) is 0 Å². The Kier molecular flexibility index (Phi) is 23.6. The first kappa shape index (κ1) is 27.0. The Balaban J connectivity index is -0.0000000853. The van der Waals surface area contributed by atoms with Crippen molar-refractivity contribution in [1.29, 1.82) is 0 Å². The fourth-order valence-electron chi connectivity index (χ4n) is 0. The number of carbonyl (C=O) groups is 3. The zero-order valence-electron chi connectivity index (χ0n) is 11.4. The van der Waals surface area contributed by atoms with E-state index >= 15 is 0 Å². The molecule has 122 valence electrons. The maximum Gasteiger partial charge on any atom is 0.466 e. The lowest BCUT2D eigenvalue weighted by Gasteiger charge is -1.82. The molecule has 0 amide bonds. The van der Waals surface area contributed by atoms with Crippen molar-refractivity contribution in [2.75, 3.05) is 0 Å². The van der Waals surface area contributed by atoms with Gasteiger partial charge in [0.2, 0.25) is 0 Å². The third kappa shape index (κ3) is 195. The monoisotopic (exact) mass is 320 g/mol. The quantitative estimate of drug-likeness (QED) is 0.399. The second kappa shape index (κ2) is 17.5. The molecule has 0 aliphatic heterocycles. The van der Waals surface area contributed by atoms with Crippen LogP contribution in [0.4, 0.5) is 0 Å². The van der Waals surface area contributed by atoms with E-state index in [0.717, 1.165) is 0 Å². The number of aliphatic carboxylic acids is 3. The molecule has 10 nitrogen and oxygen atoms in total. The third-order valence-electron chi connectivity index (χ3n) is 0.907. The van der Waals surface area contributed by atoms with Crippen LogP contribution in [0, 0.1) is 0 Å². The highest BCUT2D eigenvalue weighted by Gasteiger charge is 2.00. The zero-order valence-corrected chi connectivity index (χ0v) is 12.3. The van der Waals surface area contributed by atoms with Crippen molar-refractivity contribution < 1.29 is 48.9 Å². The zero-order chi connectivity index (χ0) is 17.4. The molecule has 0 saturated heterocycles. The third-order valence-corrected chi connectivity index (χ3v) is 0.907. The number of rotatable bonds is 3. The fourth-order valence-corrected chi connectivity index (χ4v) is 0. The summed E-state index contributed by atoms with van der Waals surface area (Å²) in [5.41, 5.74) is 0. The summed E-state index contributed by atoms with van der Waals surface area (Å²) in [5.74, 6) is -2.24. The minimum Gasteiger partial charge on any atom is -0.481 e. The molecular weight excluding hydrogens is 299 g/mol. The van der Waals surface area contributed by atoms with Crippen molar-refractivity contribution in [3.8, 4) is 0 Å². The first-order valence-electron chi connectivity index (χ1n) is 5.25. The summed E-state index contributed by atoms with van der Waals surface area (Å²) in [6.45, 7) is 4.80. The Labute approximate surface area is 115 Å². The van der Waals surface area contributed by atoms with Gasteiger partial charge in [0, 0.05) is 19.3 Å². The molecule has 0 aromatic heterocycles. The van der Waals surface area contributed by atoms with Gasteiger partial charge < -0.3 is 30.0 Å². The summed E-state index contributed by atoms with van der Waals surface area (Å²) >= 11 is 0. The molecule has 0 aliphatic carbocycles. The van der Waals surface area contributed by atoms with E-state index in [1.807, 2.05) is 0 Å². The fraction of sp³-hybridized carbons (Fsp3) is 0.667. The van der Waals surface area contributed by atoms with Crippen LogP contribution in [-0.2, 0) is 18.9 Å². The maximum absolute atomic E-state index is 9.37. The van der Waals surface area contributed by atoms with Gasteiger partial charge in [-0.1, -0.05) is 20.8 Å². The number of carboxylic acids is 3. The van der Waals surface area contributed by atoms with E-state index < -0.39 is 25.7 Å². The molecule has 0 aliphatic rings. The van der Waals surface area contributed by atoms with E-state index in [-0.39, 0.29) is 19.3 Å². The topological polar surface area (TPSA) is 190 Å². The Bertz CT molecular complexity index is 266. The molecular formula is C9H21O10P. The van der Waals surface area contributed by atoms with Crippen LogP contribution in [0.2, 0.25) is 0 Å². The minimum atomic E-state index is -4.64. The summed E-state index contributed by atoms with van der Waals surface area (Å²) in [7, 11) is -4.64. The van der Waals surface area contributed by atoms with E-state index in [1.54, 1.807) is 20.8 Å². The SMILES string of the molecule is CCC(=O)O.CCC(=O)O.CCC(=O)O.O=P(O)(O)O. The van der Waals surface area contributed by atoms with Gasteiger partial charge in [-0.2, -0.15) is 0 Å². The van der Waals surface area contributed by atoms with Gasteiger partial charge in [0.15, 0.2) is 0 Å². The molecule has 6 N–H and O–H groups in total. The van der Waals surface area contributed by atoms with Gasteiger partial charge in [-0.3, -0.25) is 14.4 Å². The molecule has 20 heavy (non-hydrogen) atoms. The summed E-state index contributed by atoms with van der Waals surface area (Å²) in [6, 6.07) is 0. The predicted molar refractivity (Wildman–Crippen MR) is 68.0 cm³/mol. The van der Waals surface area contributed by atoms with Gasteiger partial charge in [-0.15, -0.1) is 0 Å². The van der Waals surface area contributed by atoms with Gasteiger partial charge in [-0.05, 0) is 0 Å². The maximum atomic E-state index is 9.37. The van der Waals surface area contributed by atoms with Gasteiger partial charge >= 0.3 is 25.7 Å². The van der Waals surface area contributed by atoms with Crippen molar-refractivity contribution >= 4 is 25.7 Å². The minimum absolute atomic E-state index is 0.222. The summed E-state index contributed by atoms with van der Waals surface area (Å²) in [4.78, 5) is 49.7. The highest BCUT2D eigenvalue weighted by atomic mass is 31.2. The highest BCUT2D eigenvalue weighted by Crippen LogP contribution is 2.25. The van der Waals surface area contributed by atoms with E-state index in [1.165, 1.54) is 0 Å². The first-order valence-corrected chi connectivity index (χ1v) is 6.81. The van der Waals surface area contributed by atoms with Crippen LogP contribution in [0.5, 0.6) is 0 Å². The summed E-state index contributed by atoms with van der Waals surface area (Å²) in [5, 5.41) is 23.2.